The Labute approximate surface area is 128 Å². The van der Waals surface area contributed by atoms with Gasteiger partial charge in [-0.15, -0.1) is 0 Å². The van der Waals surface area contributed by atoms with E-state index in [0.29, 0.717) is 0 Å². The van der Waals surface area contributed by atoms with Crippen LogP contribution in [0, 0.1) is 0 Å². The topological polar surface area (TPSA) is 9.23 Å². The third-order valence-electron chi connectivity index (χ3n) is 2.76. The van der Waals surface area contributed by atoms with Crippen LogP contribution in [0.15, 0.2) is 30.3 Å². The fourth-order valence-electron chi connectivity index (χ4n) is 1.77. The number of hydrogen-bond donors (Lipinski definition) is 0. The normalized spacial score (nSPS) is 9.71. The zero-order valence-corrected chi connectivity index (χ0v) is 13.5. The van der Waals surface area contributed by atoms with Gasteiger partial charge in [0.25, 0.3) is 0 Å². The molecule has 0 aliphatic heterocycles. The molecule has 0 spiro atoms. The molecule has 0 aromatic heterocycles. The minimum atomic E-state index is 0. The van der Waals surface area contributed by atoms with Gasteiger partial charge in [-0.3, -0.25) is 0 Å². The Morgan fingerprint density at radius 1 is 0.824 bits per heavy atom. The van der Waals surface area contributed by atoms with Crippen LogP contribution in [0.4, 0.5) is 0 Å². The van der Waals surface area contributed by atoms with Crippen molar-refractivity contribution < 1.29 is 4.74 Å². The quantitative estimate of drug-likeness (QED) is 0.460. The van der Waals surface area contributed by atoms with Crippen molar-refractivity contribution in [2.75, 3.05) is 6.61 Å². The van der Waals surface area contributed by atoms with Crippen molar-refractivity contribution in [2.24, 2.45) is 0 Å². The number of ether oxygens (including phenoxy) is 1. The van der Waals surface area contributed by atoms with E-state index in [1.54, 1.807) is 0 Å². The van der Waals surface area contributed by atoms with E-state index in [4.69, 9.17) is 4.74 Å². The molecule has 0 unspecified atom stereocenters. The maximum Gasteiger partial charge on any atom is 0.119 e. The third-order valence-corrected chi connectivity index (χ3v) is 2.76. The fourth-order valence-corrected chi connectivity index (χ4v) is 1.77. The molecule has 0 aliphatic carbocycles. The van der Waals surface area contributed by atoms with Crippen LogP contribution in [0.2, 0.25) is 0 Å². The third kappa shape index (κ3) is 9.70. The summed E-state index contributed by atoms with van der Waals surface area (Å²) in [5, 5.41) is 0. The van der Waals surface area contributed by atoms with E-state index in [-0.39, 0.29) is 29.6 Å². The molecule has 0 N–H and O–H groups in total. The first-order valence-corrected chi connectivity index (χ1v) is 6.61. The number of hydrogen-bond acceptors (Lipinski definition) is 1. The smallest absolute Gasteiger partial charge is 0.119 e. The minimum Gasteiger partial charge on any atom is -0.494 e. The largest absolute Gasteiger partial charge is 0.494 e. The standard InChI is InChI=1S/C15H24O.Na/c1-2-3-4-5-6-7-11-14-16-15-12-9-8-10-13-15;/h8-10,12-13H,2-7,11,14H2,1H3;. The zero-order chi connectivity index (χ0) is 11.5. The second-order valence-electron chi connectivity index (χ2n) is 4.28. The predicted molar refractivity (Wildman–Crippen MR) is 75.7 cm³/mol. The van der Waals surface area contributed by atoms with Crippen LogP contribution >= 0.6 is 0 Å². The summed E-state index contributed by atoms with van der Waals surface area (Å²) in [6.45, 7) is 3.12. The average molecular weight is 243 g/mol. The molecule has 0 heterocycles. The Morgan fingerprint density at radius 3 is 2.06 bits per heavy atom. The molecule has 17 heavy (non-hydrogen) atoms. The maximum absolute atomic E-state index is 5.63. The van der Waals surface area contributed by atoms with Crippen molar-refractivity contribution >= 4 is 29.6 Å². The Bertz CT molecular complexity index is 248. The van der Waals surface area contributed by atoms with Crippen molar-refractivity contribution in [3.05, 3.63) is 30.3 Å². The average Bonchev–Trinajstić information content (AvgIpc) is 2.34. The van der Waals surface area contributed by atoms with Gasteiger partial charge in [-0.05, 0) is 18.6 Å². The summed E-state index contributed by atoms with van der Waals surface area (Å²) in [4.78, 5) is 0. The van der Waals surface area contributed by atoms with Crippen molar-refractivity contribution in [2.45, 2.75) is 51.9 Å². The van der Waals surface area contributed by atoms with Crippen LogP contribution in [0.3, 0.4) is 0 Å². The van der Waals surface area contributed by atoms with Crippen molar-refractivity contribution in [3.63, 3.8) is 0 Å². The summed E-state index contributed by atoms with van der Waals surface area (Å²) < 4.78 is 5.63. The molecule has 1 aromatic rings. The molecule has 0 fully saturated rings. The molecular formula is C15H24NaO. The van der Waals surface area contributed by atoms with Crippen molar-refractivity contribution in [3.8, 4) is 5.75 Å². The van der Waals surface area contributed by atoms with E-state index < -0.39 is 0 Å². The van der Waals surface area contributed by atoms with Crippen LogP contribution in [0.5, 0.6) is 5.75 Å². The van der Waals surface area contributed by atoms with E-state index in [2.05, 4.69) is 6.92 Å². The van der Waals surface area contributed by atoms with E-state index >= 15 is 0 Å². The maximum atomic E-state index is 5.63. The van der Waals surface area contributed by atoms with Gasteiger partial charge in [0.15, 0.2) is 0 Å². The number of unbranched alkanes of at least 4 members (excludes halogenated alkanes) is 6. The molecule has 1 radical (unpaired) electrons. The molecule has 1 aromatic carbocycles. The van der Waals surface area contributed by atoms with Gasteiger partial charge in [0, 0.05) is 29.6 Å². The summed E-state index contributed by atoms with van der Waals surface area (Å²) in [6, 6.07) is 10.1. The fraction of sp³-hybridized carbons (Fsp3) is 0.600. The summed E-state index contributed by atoms with van der Waals surface area (Å²) in [6.07, 6.45) is 9.35. The van der Waals surface area contributed by atoms with E-state index in [9.17, 15) is 0 Å². The second-order valence-corrected chi connectivity index (χ2v) is 4.28. The Morgan fingerprint density at radius 2 is 1.41 bits per heavy atom. The van der Waals surface area contributed by atoms with Gasteiger partial charge in [-0.2, -0.15) is 0 Å². The van der Waals surface area contributed by atoms with Crippen molar-refractivity contribution in [1.29, 1.82) is 0 Å². The molecule has 91 valence electrons. The molecular weight excluding hydrogens is 219 g/mol. The first-order valence-electron chi connectivity index (χ1n) is 6.61. The summed E-state index contributed by atoms with van der Waals surface area (Å²) in [5.74, 6) is 0.994. The first kappa shape index (κ1) is 17.0. The van der Waals surface area contributed by atoms with E-state index in [1.807, 2.05) is 30.3 Å². The molecule has 0 bridgehead atoms. The molecule has 1 nitrogen and oxygen atoms in total. The first-order chi connectivity index (χ1) is 7.93. The SMILES string of the molecule is CCCCCCCCCOc1ccccc1.[Na]. The van der Waals surface area contributed by atoms with Gasteiger partial charge in [0.2, 0.25) is 0 Å². The van der Waals surface area contributed by atoms with Crippen molar-refractivity contribution in [1.82, 2.24) is 0 Å². The summed E-state index contributed by atoms with van der Waals surface area (Å²) >= 11 is 0. The van der Waals surface area contributed by atoms with Crippen LogP contribution in [-0.2, 0) is 0 Å². The van der Waals surface area contributed by atoms with E-state index in [1.165, 1.54) is 44.9 Å². The van der Waals surface area contributed by atoms with Gasteiger partial charge in [-0.25, -0.2) is 0 Å². The van der Waals surface area contributed by atoms with Gasteiger partial charge in [0.05, 0.1) is 6.61 Å². The van der Waals surface area contributed by atoms with Gasteiger partial charge >= 0.3 is 0 Å². The second kappa shape index (κ2) is 12.5. The van der Waals surface area contributed by atoms with Crippen LogP contribution in [0.1, 0.15) is 51.9 Å². The predicted octanol–water partition coefficient (Wildman–Crippen LogP) is 4.44. The Kier molecular flexibility index (Phi) is 12.5. The summed E-state index contributed by atoms with van der Waals surface area (Å²) in [7, 11) is 0. The van der Waals surface area contributed by atoms with Gasteiger partial charge in [-0.1, -0.05) is 63.6 Å². The Hall–Kier alpha value is 0.0200. The minimum absolute atomic E-state index is 0. The molecule has 0 amide bonds. The van der Waals surface area contributed by atoms with Gasteiger partial charge < -0.3 is 4.74 Å². The number of benzene rings is 1. The van der Waals surface area contributed by atoms with Crippen LogP contribution in [-0.4, -0.2) is 36.2 Å². The zero-order valence-electron chi connectivity index (χ0n) is 11.5. The molecule has 0 atom stereocenters. The van der Waals surface area contributed by atoms with E-state index in [0.717, 1.165) is 12.4 Å². The Balaban J connectivity index is 0.00000256. The molecule has 2 heteroatoms. The monoisotopic (exact) mass is 243 g/mol. The number of rotatable bonds is 9. The van der Waals surface area contributed by atoms with Crippen LogP contribution in [0.25, 0.3) is 0 Å². The molecule has 1 rings (SSSR count). The van der Waals surface area contributed by atoms with Crippen LogP contribution < -0.4 is 4.74 Å². The molecule has 0 saturated heterocycles. The summed E-state index contributed by atoms with van der Waals surface area (Å²) in [5.41, 5.74) is 0. The molecule has 0 aliphatic rings. The van der Waals surface area contributed by atoms with Gasteiger partial charge in [0.1, 0.15) is 5.75 Å². The molecule has 0 saturated carbocycles. The number of para-hydroxylation sites is 1.